The Morgan fingerprint density at radius 2 is 2.05 bits per heavy atom. The molecule has 2 unspecified atom stereocenters. The Bertz CT molecular complexity index is 556. The monoisotopic (exact) mass is 304 g/mol. The number of rotatable bonds is 4. The van der Waals surface area contributed by atoms with E-state index in [9.17, 15) is 8.42 Å². The van der Waals surface area contributed by atoms with Crippen LogP contribution in [0, 0.1) is 5.92 Å². The van der Waals surface area contributed by atoms with E-state index in [1.54, 1.807) is 26.4 Å². The van der Waals surface area contributed by atoms with Gasteiger partial charge in [-0.1, -0.05) is 6.07 Å². The largest absolute Gasteiger partial charge is 0.497 e. The summed E-state index contributed by atoms with van der Waals surface area (Å²) in [6.45, 7) is 0. The summed E-state index contributed by atoms with van der Waals surface area (Å²) in [7, 11) is 0.211. The molecule has 0 radical (unpaired) electrons. The molecule has 1 aliphatic rings. The zero-order valence-electron chi connectivity index (χ0n) is 10.9. The molecule has 1 fully saturated rings. The Balaban J connectivity index is 2.26. The third kappa shape index (κ3) is 3.15. The average Bonchev–Trinajstić information content (AvgIpc) is 2.77. The van der Waals surface area contributed by atoms with Crippen molar-refractivity contribution in [1.29, 1.82) is 0 Å². The Labute approximate surface area is 118 Å². The molecule has 0 saturated carbocycles. The first-order valence-corrected chi connectivity index (χ1v) is 8.29. The fourth-order valence-electron chi connectivity index (χ4n) is 2.35. The second kappa shape index (κ2) is 5.59. The van der Waals surface area contributed by atoms with Crippen LogP contribution in [-0.2, 0) is 9.84 Å². The predicted octanol–water partition coefficient (Wildman–Crippen LogP) is 2.42. The zero-order valence-corrected chi connectivity index (χ0v) is 12.5. The van der Waals surface area contributed by atoms with Crippen LogP contribution < -0.4 is 9.47 Å². The quantitative estimate of drug-likeness (QED) is 0.802. The van der Waals surface area contributed by atoms with Crippen LogP contribution >= 0.6 is 11.6 Å². The first-order chi connectivity index (χ1) is 8.96. The van der Waals surface area contributed by atoms with Gasteiger partial charge in [0, 0.05) is 11.6 Å². The van der Waals surface area contributed by atoms with Crippen molar-refractivity contribution in [2.45, 2.75) is 11.8 Å². The highest BCUT2D eigenvalue weighted by Crippen LogP contribution is 2.41. The topological polar surface area (TPSA) is 52.6 Å². The summed E-state index contributed by atoms with van der Waals surface area (Å²) < 4.78 is 33.5. The van der Waals surface area contributed by atoms with Gasteiger partial charge in [0.1, 0.15) is 11.5 Å². The number of benzene rings is 1. The van der Waals surface area contributed by atoms with Crippen LogP contribution in [0.25, 0.3) is 0 Å². The number of halogens is 1. The van der Waals surface area contributed by atoms with E-state index < -0.39 is 9.84 Å². The minimum atomic E-state index is -2.93. The maximum absolute atomic E-state index is 11.5. The summed E-state index contributed by atoms with van der Waals surface area (Å²) in [5.74, 6) is 1.62. The second-order valence-electron chi connectivity index (χ2n) is 4.67. The van der Waals surface area contributed by atoms with Gasteiger partial charge in [0.25, 0.3) is 0 Å². The van der Waals surface area contributed by atoms with Gasteiger partial charge >= 0.3 is 0 Å². The Morgan fingerprint density at radius 1 is 1.32 bits per heavy atom. The van der Waals surface area contributed by atoms with E-state index in [-0.39, 0.29) is 22.8 Å². The molecule has 2 rings (SSSR count). The van der Waals surface area contributed by atoms with Crippen molar-refractivity contribution >= 4 is 21.4 Å². The van der Waals surface area contributed by atoms with Gasteiger partial charge < -0.3 is 9.47 Å². The van der Waals surface area contributed by atoms with Crippen LogP contribution in [0.4, 0.5) is 0 Å². The lowest BCUT2D eigenvalue weighted by Crippen LogP contribution is -2.11. The van der Waals surface area contributed by atoms with E-state index in [2.05, 4.69) is 0 Å². The van der Waals surface area contributed by atoms with Crippen molar-refractivity contribution in [3.05, 3.63) is 23.8 Å². The molecule has 1 heterocycles. The van der Waals surface area contributed by atoms with Gasteiger partial charge in [0.05, 0.1) is 31.1 Å². The lowest BCUT2D eigenvalue weighted by atomic mass is 9.97. The van der Waals surface area contributed by atoms with Gasteiger partial charge in [-0.05, 0) is 18.4 Å². The van der Waals surface area contributed by atoms with Crippen molar-refractivity contribution in [2.75, 3.05) is 25.7 Å². The summed E-state index contributed by atoms with van der Waals surface area (Å²) >= 11 is 6.43. The molecule has 0 spiro atoms. The molecule has 6 heteroatoms. The minimum absolute atomic E-state index is 0.0611. The van der Waals surface area contributed by atoms with E-state index in [4.69, 9.17) is 21.1 Å². The first-order valence-electron chi connectivity index (χ1n) is 6.03. The molecule has 0 aromatic heterocycles. The van der Waals surface area contributed by atoms with E-state index in [0.29, 0.717) is 17.9 Å². The van der Waals surface area contributed by atoms with Gasteiger partial charge in [-0.15, -0.1) is 11.6 Å². The fourth-order valence-corrected chi connectivity index (χ4v) is 4.70. The van der Waals surface area contributed by atoms with E-state index in [0.717, 1.165) is 5.56 Å². The van der Waals surface area contributed by atoms with Crippen LogP contribution in [-0.4, -0.2) is 34.1 Å². The van der Waals surface area contributed by atoms with Crippen LogP contribution in [0.5, 0.6) is 11.5 Å². The number of hydrogen-bond acceptors (Lipinski definition) is 4. The molecule has 19 heavy (non-hydrogen) atoms. The molecule has 0 bridgehead atoms. The molecule has 106 valence electrons. The Morgan fingerprint density at radius 3 is 2.58 bits per heavy atom. The lowest BCUT2D eigenvalue weighted by molar-refractivity contribution is 0.388. The lowest BCUT2D eigenvalue weighted by Gasteiger charge is -2.19. The molecule has 0 amide bonds. The highest BCUT2D eigenvalue weighted by atomic mass is 35.5. The van der Waals surface area contributed by atoms with Crippen molar-refractivity contribution in [1.82, 2.24) is 0 Å². The molecule has 1 saturated heterocycles. The Kier molecular flexibility index (Phi) is 4.26. The normalized spacial score (nSPS) is 23.0. The van der Waals surface area contributed by atoms with Gasteiger partial charge in [-0.2, -0.15) is 0 Å². The molecule has 1 aromatic carbocycles. The number of ether oxygens (including phenoxy) is 2. The van der Waals surface area contributed by atoms with Crippen LogP contribution in [0.3, 0.4) is 0 Å². The second-order valence-corrected chi connectivity index (χ2v) is 7.37. The summed E-state index contributed by atoms with van der Waals surface area (Å²) in [6.07, 6.45) is 0.603. The van der Waals surface area contributed by atoms with Crippen LogP contribution in [0.15, 0.2) is 18.2 Å². The molecule has 1 aliphatic heterocycles. The SMILES string of the molecule is COc1ccc(C(Cl)C2CCS(=O)(=O)C2)c(OC)c1. The molecular formula is C13H17ClO4S. The van der Waals surface area contributed by atoms with E-state index >= 15 is 0 Å². The van der Waals surface area contributed by atoms with Crippen molar-refractivity contribution in [3.63, 3.8) is 0 Å². The van der Waals surface area contributed by atoms with Gasteiger partial charge in [-0.25, -0.2) is 8.42 Å². The fraction of sp³-hybridized carbons (Fsp3) is 0.538. The van der Waals surface area contributed by atoms with Gasteiger partial charge in [0.15, 0.2) is 9.84 Å². The minimum Gasteiger partial charge on any atom is -0.497 e. The third-order valence-corrected chi connectivity index (χ3v) is 5.80. The number of hydrogen-bond donors (Lipinski definition) is 0. The smallest absolute Gasteiger partial charge is 0.150 e. The summed E-state index contributed by atoms with van der Waals surface area (Å²) in [4.78, 5) is 0. The van der Waals surface area contributed by atoms with Crippen molar-refractivity contribution in [2.24, 2.45) is 5.92 Å². The van der Waals surface area contributed by atoms with Crippen molar-refractivity contribution < 1.29 is 17.9 Å². The first kappa shape index (κ1) is 14.5. The highest BCUT2D eigenvalue weighted by molar-refractivity contribution is 7.91. The van der Waals surface area contributed by atoms with Crippen molar-refractivity contribution in [3.8, 4) is 11.5 Å². The van der Waals surface area contributed by atoms with E-state index in [1.165, 1.54) is 0 Å². The molecule has 4 nitrogen and oxygen atoms in total. The highest BCUT2D eigenvalue weighted by Gasteiger charge is 2.34. The third-order valence-electron chi connectivity index (χ3n) is 3.42. The number of alkyl halides is 1. The summed E-state index contributed by atoms with van der Waals surface area (Å²) in [5.41, 5.74) is 0.812. The number of methoxy groups -OCH3 is 2. The maximum atomic E-state index is 11.5. The van der Waals surface area contributed by atoms with Crippen LogP contribution in [0.1, 0.15) is 17.4 Å². The molecule has 0 aliphatic carbocycles. The molecule has 0 N–H and O–H groups in total. The predicted molar refractivity (Wildman–Crippen MR) is 74.9 cm³/mol. The van der Waals surface area contributed by atoms with Gasteiger partial charge in [-0.3, -0.25) is 0 Å². The van der Waals surface area contributed by atoms with Gasteiger partial charge in [0.2, 0.25) is 0 Å². The molecular weight excluding hydrogens is 288 g/mol. The summed E-state index contributed by atoms with van der Waals surface area (Å²) in [5, 5.41) is -0.363. The standard InChI is InChI=1S/C13H17ClO4S/c1-17-10-3-4-11(12(7-10)18-2)13(14)9-5-6-19(15,16)8-9/h3-4,7,9,13H,5-6,8H2,1-2H3. The van der Waals surface area contributed by atoms with Crippen LogP contribution in [0.2, 0.25) is 0 Å². The summed E-state index contributed by atoms with van der Waals surface area (Å²) in [6, 6.07) is 5.39. The molecule has 1 aromatic rings. The molecule has 2 atom stereocenters. The zero-order chi connectivity index (χ0) is 14.0. The maximum Gasteiger partial charge on any atom is 0.150 e. The average molecular weight is 305 g/mol. The number of sulfone groups is 1. The van der Waals surface area contributed by atoms with E-state index in [1.807, 2.05) is 6.07 Å². The Hall–Kier alpha value is -0.940.